The highest BCUT2D eigenvalue weighted by molar-refractivity contribution is 7.88. The minimum atomic E-state index is -3.19. The van der Waals surface area contributed by atoms with Gasteiger partial charge in [0.2, 0.25) is 15.9 Å². The van der Waals surface area contributed by atoms with Crippen LogP contribution in [0.15, 0.2) is 0 Å². The highest BCUT2D eigenvalue weighted by Crippen LogP contribution is 2.33. The second-order valence-electron chi connectivity index (χ2n) is 7.53. The van der Waals surface area contributed by atoms with Crippen LogP contribution in [0.4, 0.5) is 0 Å². The maximum atomic E-state index is 12.8. The Labute approximate surface area is 151 Å². The molecule has 1 amide bonds. The Morgan fingerprint density at radius 3 is 2.52 bits per heavy atom. The van der Waals surface area contributed by atoms with E-state index in [2.05, 4.69) is 4.90 Å². The van der Waals surface area contributed by atoms with Crippen LogP contribution in [0, 0.1) is 5.92 Å². The van der Waals surface area contributed by atoms with E-state index in [4.69, 9.17) is 4.74 Å². The fraction of sp³-hybridized carbons (Fsp3) is 0.941. The molecule has 2 aliphatic heterocycles. The Morgan fingerprint density at radius 2 is 1.88 bits per heavy atom. The van der Waals surface area contributed by atoms with E-state index in [0.29, 0.717) is 13.1 Å². The highest BCUT2D eigenvalue weighted by Gasteiger charge is 2.38. The van der Waals surface area contributed by atoms with Crippen LogP contribution in [-0.2, 0) is 19.6 Å². The molecule has 144 valence electrons. The van der Waals surface area contributed by atoms with Crippen LogP contribution in [0.2, 0.25) is 0 Å². The molecule has 3 rings (SSSR count). The van der Waals surface area contributed by atoms with Crippen molar-refractivity contribution in [3.63, 3.8) is 0 Å². The number of amides is 1. The molecule has 7 nitrogen and oxygen atoms in total. The van der Waals surface area contributed by atoms with Gasteiger partial charge >= 0.3 is 0 Å². The minimum absolute atomic E-state index is 0.0289. The summed E-state index contributed by atoms with van der Waals surface area (Å²) in [6, 6.07) is 0.0289. The second-order valence-corrected chi connectivity index (χ2v) is 9.51. The van der Waals surface area contributed by atoms with E-state index in [0.717, 1.165) is 71.5 Å². The molecule has 0 aromatic heterocycles. The lowest BCUT2D eigenvalue weighted by molar-refractivity contribution is -0.135. The predicted molar refractivity (Wildman–Crippen MR) is 95.8 cm³/mol. The van der Waals surface area contributed by atoms with Crippen LogP contribution < -0.4 is 0 Å². The lowest BCUT2D eigenvalue weighted by Crippen LogP contribution is -2.52. The van der Waals surface area contributed by atoms with Crippen LogP contribution in [0.1, 0.15) is 32.1 Å². The monoisotopic (exact) mass is 373 g/mol. The van der Waals surface area contributed by atoms with Gasteiger partial charge in [0.25, 0.3) is 0 Å². The minimum Gasteiger partial charge on any atom is -0.379 e. The smallest absolute Gasteiger partial charge is 0.225 e. The quantitative estimate of drug-likeness (QED) is 0.645. The van der Waals surface area contributed by atoms with E-state index in [9.17, 15) is 13.2 Å². The van der Waals surface area contributed by atoms with Gasteiger partial charge in [-0.3, -0.25) is 9.69 Å². The van der Waals surface area contributed by atoms with Gasteiger partial charge in [-0.2, -0.15) is 0 Å². The first-order valence-electron chi connectivity index (χ1n) is 9.51. The van der Waals surface area contributed by atoms with Gasteiger partial charge in [0.05, 0.1) is 19.5 Å². The third kappa shape index (κ3) is 5.39. The van der Waals surface area contributed by atoms with Crippen molar-refractivity contribution in [1.82, 2.24) is 14.1 Å². The van der Waals surface area contributed by atoms with Crippen molar-refractivity contribution in [3.8, 4) is 0 Å². The number of sulfonamides is 1. The molecule has 1 unspecified atom stereocenters. The first-order valence-corrected chi connectivity index (χ1v) is 11.4. The Morgan fingerprint density at radius 1 is 1.16 bits per heavy atom. The van der Waals surface area contributed by atoms with Crippen LogP contribution in [0.3, 0.4) is 0 Å². The summed E-state index contributed by atoms with van der Waals surface area (Å²) in [5.41, 5.74) is 0. The number of hydrogen-bond acceptors (Lipinski definition) is 5. The van der Waals surface area contributed by atoms with Gasteiger partial charge in [-0.05, 0) is 32.1 Å². The molecule has 3 fully saturated rings. The Hall–Kier alpha value is -0.700. The summed E-state index contributed by atoms with van der Waals surface area (Å²) in [5, 5.41) is 0. The number of morpholine rings is 1. The molecule has 3 aliphatic rings. The molecule has 8 heteroatoms. The first-order chi connectivity index (χ1) is 11.9. The van der Waals surface area contributed by atoms with Crippen molar-refractivity contribution in [3.05, 3.63) is 0 Å². The summed E-state index contributed by atoms with van der Waals surface area (Å²) in [5.74, 6) is 0.416. The SMILES string of the molecule is CS(=O)(=O)N1CCCC(N(CCCN2CCOCC2)C(=O)C2CC2)C1. The summed E-state index contributed by atoms with van der Waals surface area (Å²) in [7, 11) is -3.19. The van der Waals surface area contributed by atoms with Crippen molar-refractivity contribution in [2.24, 2.45) is 5.92 Å². The van der Waals surface area contributed by atoms with Crippen LogP contribution in [0.25, 0.3) is 0 Å². The van der Waals surface area contributed by atoms with Crippen molar-refractivity contribution in [2.75, 3.05) is 58.7 Å². The molecule has 2 saturated heterocycles. The van der Waals surface area contributed by atoms with E-state index in [1.807, 2.05) is 4.90 Å². The lowest BCUT2D eigenvalue weighted by Gasteiger charge is -2.39. The number of rotatable bonds is 7. The summed E-state index contributed by atoms with van der Waals surface area (Å²) in [6.07, 6.45) is 5.91. The molecule has 0 aromatic carbocycles. The first kappa shape index (κ1) is 19.1. The van der Waals surface area contributed by atoms with Gasteiger partial charge < -0.3 is 9.64 Å². The predicted octanol–water partition coefficient (Wildman–Crippen LogP) is 0.371. The van der Waals surface area contributed by atoms with Gasteiger partial charge in [-0.1, -0.05) is 0 Å². The third-order valence-corrected chi connectivity index (χ3v) is 6.73. The maximum absolute atomic E-state index is 12.8. The zero-order valence-corrected chi connectivity index (χ0v) is 16.0. The van der Waals surface area contributed by atoms with E-state index < -0.39 is 10.0 Å². The molecule has 0 aromatic rings. The van der Waals surface area contributed by atoms with E-state index in [1.54, 1.807) is 0 Å². The largest absolute Gasteiger partial charge is 0.379 e. The normalized spacial score (nSPS) is 26.5. The van der Waals surface area contributed by atoms with Crippen molar-refractivity contribution in [2.45, 2.75) is 38.1 Å². The molecule has 1 atom stereocenters. The van der Waals surface area contributed by atoms with Crippen molar-refractivity contribution < 1.29 is 17.9 Å². The van der Waals surface area contributed by atoms with Crippen LogP contribution in [0.5, 0.6) is 0 Å². The molecule has 0 radical (unpaired) electrons. The highest BCUT2D eigenvalue weighted by atomic mass is 32.2. The Kier molecular flexibility index (Phi) is 6.35. The van der Waals surface area contributed by atoms with Gasteiger partial charge in [0.1, 0.15) is 0 Å². The molecule has 0 bridgehead atoms. The number of hydrogen-bond donors (Lipinski definition) is 0. The topological polar surface area (TPSA) is 70.2 Å². The number of nitrogens with zero attached hydrogens (tertiary/aromatic N) is 3. The molecular formula is C17H31N3O4S. The summed E-state index contributed by atoms with van der Waals surface area (Å²) in [6.45, 7) is 6.23. The lowest BCUT2D eigenvalue weighted by atomic mass is 10.0. The van der Waals surface area contributed by atoms with Crippen molar-refractivity contribution in [1.29, 1.82) is 0 Å². The van der Waals surface area contributed by atoms with Crippen LogP contribution in [-0.4, -0.2) is 93.2 Å². The summed E-state index contributed by atoms with van der Waals surface area (Å²) >= 11 is 0. The average molecular weight is 374 g/mol. The van der Waals surface area contributed by atoms with Gasteiger partial charge in [-0.25, -0.2) is 12.7 Å². The van der Waals surface area contributed by atoms with E-state index in [-0.39, 0.29) is 17.9 Å². The fourth-order valence-corrected chi connectivity index (χ4v) is 4.71. The molecule has 25 heavy (non-hydrogen) atoms. The maximum Gasteiger partial charge on any atom is 0.225 e. The van der Waals surface area contributed by atoms with E-state index >= 15 is 0 Å². The van der Waals surface area contributed by atoms with E-state index in [1.165, 1.54) is 10.6 Å². The number of ether oxygens (including phenoxy) is 1. The molecule has 1 aliphatic carbocycles. The number of carbonyl (C=O) groups excluding carboxylic acids is 1. The van der Waals surface area contributed by atoms with Gasteiger partial charge in [0, 0.05) is 51.2 Å². The summed E-state index contributed by atoms with van der Waals surface area (Å²) in [4.78, 5) is 17.1. The Bertz CT molecular complexity index is 558. The third-order valence-electron chi connectivity index (χ3n) is 5.46. The second kappa shape index (κ2) is 8.33. The van der Waals surface area contributed by atoms with Crippen LogP contribution >= 0.6 is 0 Å². The molecular weight excluding hydrogens is 342 g/mol. The van der Waals surface area contributed by atoms with Gasteiger partial charge in [0.15, 0.2) is 0 Å². The molecule has 0 N–H and O–H groups in total. The van der Waals surface area contributed by atoms with Crippen molar-refractivity contribution >= 4 is 15.9 Å². The molecule has 2 heterocycles. The fourth-order valence-electron chi connectivity index (χ4n) is 3.80. The summed E-state index contributed by atoms with van der Waals surface area (Å²) < 4.78 is 30.7. The average Bonchev–Trinajstić information content (AvgIpc) is 3.44. The zero-order valence-electron chi connectivity index (χ0n) is 15.2. The van der Waals surface area contributed by atoms with Gasteiger partial charge in [-0.15, -0.1) is 0 Å². The molecule has 0 spiro atoms. The number of piperidine rings is 1. The Balaban J connectivity index is 1.57. The standard InChI is InChI=1S/C17H31N3O4S/c1-25(22,23)19-8-2-4-16(14-19)20(17(21)15-5-6-15)9-3-7-18-10-12-24-13-11-18/h15-16H,2-14H2,1H3. The zero-order chi connectivity index (χ0) is 17.9. The number of carbonyl (C=O) groups is 1. The molecule has 1 saturated carbocycles.